The van der Waals surface area contributed by atoms with Gasteiger partial charge >= 0.3 is 0 Å². The number of rotatable bonds is 4. The number of H-pyrrole nitrogens is 1. The third-order valence-electron chi connectivity index (χ3n) is 5.75. The van der Waals surface area contributed by atoms with Crippen LogP contribution in [0.2, 0.25) is 0 Å². The van der Waals surface area contributed by atoms with E-state index in [0.29, 0.717) is 10.9 Å². The molecular formula is C24H20N4OS2. The molecule has 0 atom stereocenters. The van der Waals surface area contributed by atoms with Gasteiger partial charge in [0, 0.05) is 4.88 Å². The Kier molecular flexibility index (Phi) is 4.65. The van der Waals surface area contributed by atoms with Gasteiger partial charge in [0.15, 0.2) is 5.16 Å². The van der Waals surface area contributed by atoms with E-state index in [1.807, 2.05) is 54.6 Å². The molecule has 0 unspecified atom stereocenters. The van der Waals surface area contributed by atoms with Crippen LogP contribution in [0.1, 0.15) is 29.1 Å². The molecule has 0 bridgehead atoms. The van der Waals surface area contributed by atoms with Crippen LogP contribution in [0.15, 0.2) is 64.5 Å². The monoisotopic (exact) mass is 444 g/mol. The number of thioether (sulfide) groups is 1. The fourth-order valence-electron chi connectivity index (χ4n) is 4.29. The summed E-state index contributed by atoms with van der Waals surface area (Å²) in [5.74, 6) is 1.50. The first-order valence-corrected chi connectivity index (χ1v) is 12.3. The molecule has 2 aromatic carbocycles. The van der Waals surface area contributed by atoms with E-state index >= 15 is 0 Å². The Balaban J connectivity index is 1.48. The summed E-state index contributed by atoms with van der Waals surface area (Å²) in [6.07, 6.45) is 4.38. The smallest absolute Gasteiger partial charge is 0.267 e. The summed E-state index contributed by atoms with van der Waals surface area (Å²) in [6, 6.07) is 17.8. The average molecular weight is 445 g/mol. The first-order valence-electron chi connectivity index (χ1n) is 10.5. The number of aromatic nitrogens is 4. The van der Waals surface area contributed by atoms with Crippen molar-refractivity contribution in [3.63, 3.8) is 0 Å². The number of fused-ring (bicyclic) bond motifs is 4. The van der Waals surface area contributed by atoms with Crippen molar-refractivity contribution in [2.24, 2.45) is 0 Å². The van der Waals surface area contributed by atoms with Crippen LogP contribution < -0.4 is 5.56 Å². The predicted molar refractivity (Wildman–Crippen MR) is 128 cm³/mol. The highest BCUT2D eigenvalue weighted by Crippen LogP contribution is 2.35. The SMILES string of the molecule is O=c1c2c3c(sc2nc(SCc2nc4ccccc4[nH]2)n1-c1ccccc1)CCCC3. The zero-order chi connectivity index (χ0) is 20.8. The van der Waals surface area contributed by atoms with Crippen molar-refractivity contribution in [3.05, 3.63) is 81.2 Å². The van der Waals surface area contributed by atoms with Crippen LogP contribution in [-0.2, 0) is 18.6 Å². The first-order chi connectivity index (χ1) is 15.3. The lowest BCUT2D eigenvalue weighted by Crippen LogP contribution is -2.22. The van der Waals surface area contributed by atoms with Crippen LogP contribution in [0.25, 0.3) is 26.9 Å². The van der Waals surface area contributed by atoms with Gasteiger partial charge in [0.2, 0.25) is 0 Å². The van der Waals surface area contributed by atoms with E-state index in [2.05, 4.69) is 9.97 Å². The maximum absolute atomic E-state index is 13.7. The van der Waals surface area contributed by atoms with E-state index in [9.17, 15) is 4.79 Å². The molecule has 0 amide bonds. The highest BCUT2D eigenvalue weighted by molar-refractivity contribution is 7.98. The van der Waals surface area contributed by atoms with Gasteiger partial charge in [-0.3, -0.25) is 9.36 Å². The van der Waals surface area contributed by atoms with Gasteiger partial charge in [-0.05, 0) is 55.5 Å². The highest BCUT2D eigenvalue weighted by Gasteiger charge is 2.23. The number of para-hydroxylation sites is 3. The molecule has 0 radical (unpaired) electrons. The molecule has 154 valence electrons. The molecule has 5 nitrogen and oxygen atoms in total. The molecule has 0 saturated heterocycles. The summed E-state index contributed by atoms with van der Waals surface area (Å²) in [4.78, 5) is 29.0. The van der Waals surface area contributed by atoms with Crippen LogP contribution in [0.4, 0.5) is 0 Å². The van der Waals surface area contributed by atoms with Gasteiger partial charge in [-0.25, -0.2) is 9.97 Å². The van der Waals surface area contributed by atoms with E-state index in [4.69, 9.17) is 4.98 Å². The molecule has 7 heteroatoms. The molecule has 1 aliphatic carbocycles. The summed E-state index contributed by atoms with van der Waals surface area (Å²) in [5, 5.41) is 1.53. The zero-order valence-electron chi connectivity index (χ0n) is 16.8. The number of nitrogens with zero attached hydrogens (tertiary/aromatic N) is 3. The normalized spacial score (nSPS) is 13.7. The maximum Gasteiger partial charge on any atom is 0.267 e. The van der Waals surface area contributed by atoms with E-state index in [0.717, 1.165) is 52.0 Å². The Hall–Kier alpha value is -2.90. The van der Waals surface area contributed by atoms with Crippen LogP contribution in [0.3, 0.4) is 0 Å². The standard InChI is InChI=1S/C24H20N4OS2/c29-23-21-16-10-4-7-13-19(16)31-22(21)27-24(28(23)15-8-2-1-3-9-15)30-14-20-25-17-11-5-6-12-18(17)26-20/h1-3,5-6,8-9,11-12H,4,7,10,13-14H2,(H,25,26). The Morgan fingerprint density at radius 2 is 1.81 bits per heavy atom. The average Bonchev–Trinajstić information content (AvgIpc) is 3.39. The predicted octanol–water partition coefficient (Wildman–Crippen LogP) is 5.49. The number of thiophene rings is 1. The molecule has 6 rings (SSSR count). The quantitative estimate of drug-likeness (QED) is 0.294. The largest absolute Gasteiger partial charge is 0.341 e. The van der Waals surface area contributed by atoms with Gasteiger partial charge in [-0.2, -0.15) is 0 Å². The molecule has 1 N–H and O–H groups in total. The van der Waals surface area contributed by atoms with E-state index in [1.54, 1.807) is 27.7 Å². The van der Waals surface area contributed by atoms with Crippen molar-refractivity contribution in [1.82, 2.24) is 19.5 Å². The molecule has 0 saturated carbocycles. The van der Waals surface area contributed by atoms with E-state index in [-0.39, 0.29) is 5.56 Å². The number of hydrogen-bond acceptors (Lipinski definition) is 5. The Morgan fingerprint density at radius 1 is 1.00 bits per heavy atom. The minimum absolute atomic E-state index is 0.0442. The second kappa shape index (κ2) is 7.66. The van der Waals surface area contributed by atoms with Gasteiger partial charge < -0.3 is 4.98 Å². The first kappa shape index (κ1) is 18.8. The fourth-order valence-corrected chi connectivity index (χ4v) is 6.48. The number of hydrogen-bond donors (Lipinski definition) is 1. The second-order valence-corrected chi connectivity index (χ2v) is 9.78. The number of aromatic amines is 1. The fraction of sp³-hybridized carbons (Fsp3) is 0.208. The molecule has 3 aromatic heterocycles. The molecule has 5 aromatic rings. The van der Waals surface area contributed by atoms with Gasteiger partial charge in [-0.15, -0.1) is 11.3 Å². The second-order valence-electron chi connectivity index (χ2n) is 7.75. The number of imidazole rings is 1. The summed E-state index contributed by atoms with van der Waals surface area (Å²) in [6.45, 7) is 0. The van der Waals surface area contributed by atoms with Crippen LogP contribution in [0, 0.1) is 0 Å². The molecule has 3 heterocycles. The summed E-state index contributed by atoms with van der Waals surface area (Å²) in [7, 11) is 0. The topological polar surface area (TPSA) is 63.6 Å². The molecular weight excluding hydrogens is 424 g/mol. The minimum atomic E-state index is 0.0442. The number of nitrogens with one attached hydrogen (secondary N) is 1. The lowest BCUT2D eigenvalue weighted by Gasteiger charge is -2.13. The molecule has 31 heavy (non-hydrogen) atoms. The minimum Gasteiger partial charge on any atom is -0.341 e. The van der Waals surface area contributed by atoms with Gasteiger partial charge in [-0.1, -0.05) is 42.1 Å². The molecule has 0 fully saturated rings. The van der Waals surface area contributed by atoms with E-state index in [1.165, 1.54) is 16.9 Å². The summed E-state index contributed by atoms with van der Waals surface area (Å²) < 4.78 is 1.78. The maximum atomic E-state index is 13.7. The van der Waals surface area contributed by atoms with Crippen molar-refractivity contribution in [3.8, 4) is 5.69 Å². The third-order valence-corrected chi connectivity index (χ3v) is 7.88. The van der Waals surface area contributed by atoms with Crippen LogP contribution in [0.5, 0.6) is 0 Å². The van der Waals surface area contributed by atoms with E-state index < -0.39 is 0 Å². The zero-order valence-corrected chi connectivity index (χ0v) is 18.4. The Labute approximate surface area is 187 Å². The molecule has 0 spiro atoms. The summed E-state index contributed by atoms with van der Waals surface area (Å²) >= 11 is 3.25. The van der Waals surface area contributed by atoms with Crippen LogP contribution in [-0.4, -0.2) is 19.5 Å². The number of benzene rings is 2. The highest BCUT2D eigenvalue weighted by atomic mass is 32.2. The molecule has 0 aliphatic heterocycles. The van der Waals surface area contributed by atoms with Crippen LogP contribution >= 0.6 is 23.1 Å². The van der Waals surface area contributed by atoms with Crippen molar-refractivity contribution < 1.29 is 0 Å². The van der Waals surface area contributed by atoms with Gasteiger partial charge in [0.05, 0.1) is 27.9 Å². The van der Waals surface area contributed by atoms with Gasteiger partial charge in [0.1, 0.15) is 10.7 Å². The van der Waals surface area contributed by atoms with Crippen molar-refractivity contribution in [2.45, 2.75) is 36.6 Å². The van der Waals surface area contributed by atoms with Gasteiger partial charge in [0.25, 0.3) is 5.56 Å². The Bertz CT molecular complexity index is 1430. The lowest BCUT2D eigenvalue weighted by molar-refractivity contribution is 0.699. The van der Waals surface area contributed by atoms with Crippen molar-refractivity contribution in [1.29, 1.82) is 0 Å². The van der Waals surface area contributed by atoms with Crippen molar-refractivity contribution in [2.75, 3.05) is 0 Å². The van der Waals surface area contributed by atoms with Crippen molar-refractivity contribution >= 4 is 44.3 Å². The Morgan fingerprint density at radius 3 is 2.68 bits per heavy atom. The number of aryl methyl sites for hydroxylation is 2. The lowest BCUT2D eigenvalue weighted by atomic mass is 9.97. The third kappa shape index (κ3) is 3.28. The summed E-state index contributed by atoms with van der Waals surface area (Å²) in [5.41, 5.74) is 4.09. The molecule has 1 aliphatic rings.